The van der Waals surface area contributed by atoms with E-state index in [-0.39, 0.29) is 35.0 Å². The average Bonchev–Trinajstić information content (AvgIpc) is 1.61. The van der Waals surface area contributed by atoms with Gasteiger partial charge in [-0.1, -0.05) is 68.8 Å². The highest BCUT2D eigenvalue weighted by atomic mass is 35.5. The van der Waals surface area contributed by atoms with Crippen molar-refractivity contribution < 1.29 is 84.9 Å². The van der Waals surface area contributed by atoms with Crippen LogP contribution >= 0.6 is 11.6 Å². The minimum atomic E-state index is -0.112. The molecule has 8 aromatic heterocycles. The Balaban J connectivity index is 0.000000109. The number of Topliss-reactive ketones (excluding diaryl/α,β-unsaturated/α-hetero) is 2. The van der Waals surface area contributed by atoms with Crippen LogP contribution in [0.5, 0.6) is 11.5 Å². The number of aldehydes is 8. The summed E-state index contributed by atoms with van der Waals surface area (Å²) in [6, 6.07) is 59.9. The zero-order valence-electron chi connectivity index (χ0n) is 77.7. The van der Waals surface area contributed by atoms with Gasteiger partial charge in [-0.25, -0.2) is 0 Å². The first-order valence-corrected chi connectivity index (χ1v) is 46.6. The lowest BCUT2D eigenvalue weighted by atomic mass is 9.76. The molecule has 3 unspecified atom stereocenters. The lowest BCUT2D eigenvalue weighted by molar-refractivity contribution is -0.148. The quantitative estimate of drug-likeness (QED) is 0.0529. The first-order chi connectivity index (χ1) is 67.0. The number of H-pyrrole nitrogens is 5. The zero-order valence-corrected chi connectivity index (χ0v) is 78.4. The van der Waals surface area contributed by atoms with Gasteiger partial charge in [0.2, 0.25) is 0 Å². The van der Waals surface area contributed by atoms with Crippen LogP contribution < -0.4 is 9.47 Å². The zero-order chi connectivity index (χ0) is 96.7. The van der Waals surface area contributed by atoms with E-state index in [1.54, 1.807) is 62.8 Å². The van der Waals surface area contributed by atoms with Gasteiger partial charge in [0, 0.05) is 191 Å². The maximum Gasteiger partial charge on any atom is 0.309 e. The molecule has 0 amide bonds. The summed E-state index contributed by atoms with van der Waals surface area (Å²) in [6.45, 7) is 10.5. The number of fused-ring (bicyclic) bond motifs is 24. The van der Waals surface area contributed by atoms with Gasteiger partial charge in [-0.2, -0.15) is 0 Å². The normalized spacial score (nSPS) is 15.4. The number of esters is 1. The minimum absolute atomic E-state index is 0.0123. The van der Waals surface area contributed by atoms with Crippen molar-refractivity contribution in [3.63, 3.8) is 0 Å². The van der Waals surface area contributed by atoms with Crippen molar-refractivity contribution in [2.24, 2.45) is 17.3 Å². The summed E-state index contributed by atoms with van der Waals surface area (Å²) in [5, 5.41) is 11.3. The Kier molecular flexibility index (Phi) is 28.0. The summed E-state index contributed by atoms with van der Waals surface area (Å²) in [5.41, 5.74) is 27.1. The van der Waals surface area contributed by atoms with Crippen LogP contribution in [-0.2, 0) is 59.2 Å². The topological polar surface area (TPSA) is 343 Å². The average molecular weight is 1870 g/mol. The van der Waals surface area contributed by atoms with E-state index >= 15 is 0 Å². The summed E-state index contributed by atoms with van der Waals surface area (Å²) in [4.78, 5) is 140. The molecule has 0 saturated carbocycles. The van der Waals surface area contributed by atoms with E-state index < -0.39 is 0 Å². The molecule has 0 aliphatic heterocycles. The molecule has 698 valence electrons. The number of ketones is 2. The number of ether oxygens (including phenoxy) is 4. The fraction of sp³-hybridized carbons (Fsp3) is 0.237. The standard InChI is InChI=1S/C16H17NO3.C15H15NO2.C15H12O4.C14H13NO2.C14H15NO2.C14H10O2.C13H7ClO2.C13H13NO/c1-2-20-16(19)11-4-6-15-13(8-11)12-7-10(9-18)3-5-14(12)17-15;1-15(2)6-12-14(13(18)7-15)10-5-9(8-17)3-4-11(10)16-12;1-17-10-3-4-13-11(6-10)12-7-14(18-2)9(8-16)5-15(12)19-13;1-8-4-12-14(13(17)5-8)10-6-9(7-16)2-3-11(10)15-12;1-17-13-4-2-3-12-14(13)10-7-9(8-16)5-6-11(10)15-12;1-9-6-10(8-15)7-12-11-4-2-3-5-13(11)16-14(9)12;14-13-8(7-15)5-6-11-12(13)9-3-1-2-4-10(9)16-11;15-8-9-5-6-13-11(7-9)10-3-1-2-4-12(10)14-13/h3,5,7,9,11,17H,2,4,6,8H2,1H3;3-5,8,16H,6-7H2,1-2H3;3-8H,1-2H3;2-3,6-8,15H,4-5H2,1H3;5-8,13,15H,2-4H2,1H3;2-8H,1H3;1-7H;5-8,14H,1-4H2. The molecular formula is C114H102ClN5O18. The lowest BCUT2D eigenvalue weighted by Crippen LogP contribution is -2.26. The molecule has 3 atom stereocenters. The number of benzene rings is 11. The van der Waals surface area contributed by atoms with Crippen LogP contribution in [0.2, 0.25) is 5.02 Å². The predicted molar refractivity (Wildman–Crippen MR) is 538 cm³/mol. The first kappa shape index (κ1) is 94.3. The third-order valence-electron chi connectivity index (χ3n) is 26.4. The van der Waals surface area contributed by atoms with Crippen molar-refractivity contribution in [1.29, 1.82) is 0 Å². The molecule has 8 heterocycles. The van der Waals surface area contributed by atoms with Crippen LogP contribution in [0.4, 0.5) is 0 Å². The molecule has 0 spiro atoms. The number of para-hydroxylation sites is 2. The van der Waals surface area contributed by atoms with E-state index in [0.717, 1.165) is 257 Å². The third kappa shape index (κ3) is 19.3. The Hall–Kier alpha value is -15.5. The molecule has 0 saturated heterocycles. The number of furan rings is 3. The Morgan fingerprint density at radius 3 is 1.56 bits per heavy atom. The number of rotatable bonds is 13. The maximum atomic E-state index is 12.3. The summed E-state index contributed by atoms with van der Waals surface area (Å²) in [7, 11) is 4.91. The van der Waals surface area contributed by atoms with Crippen molar-refractivity contribution in [3.05, 3.63) is 306 Å². The summed E-state index contributed by atoms with van der Waals surface area (Å²) in [5.74, 6) is 1.87. The minimum Gasteiger partial charge on any atom is -0.497 e. The molecule has 0 radical (unpaired) electrons. The smallest absolute Gasteiger partial charge is 0.309 e. The molecular weight excluding hydrogens is 1760 g/mol. The molecule has 5 aliphatic carbocycles. The number of aryl methyl sites for hydroxylation is 5. The fourth-order valence-corrected chi connectivity index (χ4v) is 20.2. The van der Waals surface area contributed by atoms with Crippen molar-refractivity contribution in [1.82, 2.24) is 24.9 Å². The van der Waals surface area contributed by atoms with Crippen LogP contribution in [0.3, 0.4) is 0 Å². The van der Waals surface area contributed by atoms with E-state index in [9.17, 15) is 52.7 Å². The maximum absolute atomic E-state index is 12.3. The number of aromatic nitrogens is 5. The van der Waals surface area contributed by atoms with E-state index in [0.29, 0.717) is 87.1 Å². The van der Waals surface area contributed by atoms with Gasteiger partial charge in [0.1, 0.15) is 82.7 Å². The van der Waals surface area contributed by atoms with Gasteiger partial charge in [0.25, 0.3) is 0 Å². The Bertz CT molecular complexity index is 8010. The number of aromatic amines is 5. The number of halogens is 1. The highest BCUT2D eigenvalue weighted by Gasteiger charge is 2.35. The first-order valence-electron chi connectivity index (χ1n) is 46.2. The monoisotopic (exact) mass is 1860 g/mol. The van der Waals surface area contributed by atoms with Crippen LogP contribution in [0.15, 0.2) is 207 Å². The number of carbonyl (C=O) groups is 11. The Morgan fingerprint density at radius 1 is 0.428 bits per heavy atom. The second kappa shape index (κ2) is 41.0. The van der Waals surface area contributed by atoms with E-state index in [1.807, 2.05) is 159 Å². The van der Waals surface area contributed by atoms with Gasteiger partial charge in [0.15, 0.2) is 24.1 Å². The molecule has 11 aromatic carbocycles. The molecule has 24 heteroatoms. The molecule has 23 nitrogen and oxygen atoms in total. The highest BCUT2D eigenvalue weighted by Crippen LogP contribution is 2.44. The van der Waals surface area contributed by atoms with Crippen molar-refractivity contribution in [2.45, 2.75) is 131 Å². The predicted octanol–water partition coefficient (Wildman–Crippen LogP) is 25.6. The number of nitrogens with one attached hydrogen (secondary N) is 5. The van der Waals surface area contributed by atoms with Gasteiger partial charge in [-0.05, 0) is 277 Å². The Morgan fingerprint density at radius 2 is 0.942 bits per heavy atom. The van der Waals surface area contributed by atoms with Crippen LogP contribution in [-0.4, -0.2) is 121 Å². The van der Waals surface area contributed by atoms with Gasteiger partial charge < -0.3 is 57.1 Å². The second-order valence-electron chi connectivity index (χ2n) is 36.3. The summed E-state index contributed by atoms with van der Waals surface area (Å²) < 4.78 is 38.2. The molecule has 5 aliphatic rings. The number of hydrogen-bond acceptors (Lipinski definition) is 18. The molecule has 138 heavy (non-hydrogen) atoms. The second-order valence-corrected chi connectivity index (χ2v) is 36.7. The van der Waals surface area contributed by atoms with Crippen LogP contribution in [0.25, 0.3) is 120 Å². The molecule has 0 fully saturated rings. The molecule has 0 bridgehead atoms. The van der Waals surface area contributed by atoms with E-state index in [1.165, 1.54) is 59.1 Å². The lowest BCUT2D eigenvalue weighted by Gasteiger charge is -2.28. The van der Waals surface area contributed by atoms with Gasteiger partial charge in [0.05, 0.1) is 43.4 Å². The van der Waals surface area contributed by atoms with Crippen LogP contribution in [0, 0.1) is 24.2 Å². The SMILES string of the molecule is CC1(C)CC(=O)c2c([nH]c3ccc(C=O)cc23)C1.CC1CC(=O)c2c([nH]c3ccc(C=O)cc23)C1.CCOC(=O)C1CCc2[nH]c3ccc(C=O)cc3c2C1.COC1CCCc2[nH]c3ccc(C=O)cc3c21.COc1ccc2oc3cc(C=O)c(OC)cc3c2c1.Cc1cc(C=O)cc2c1oc1ccccc12.O=Cc1ccc2[nH]c3c(c2c1)CCCC3.O=Cc1ccc2oc3ccccc3c2c1Cl. The Labute approximate surface area is 797 Å². The number of carbonyl (C=O) groups excluding carboxylic acids is 11. The number of methoxy groups -OCH3 is 3. The van der Waals surface area contributed by atoms with Gasteiger partial charge >= 0.3 is 5.97 Å². The molecule has 19 aromatic rings. The van der Waals surface area contributed by atoms with Gasteiger partial charge in [-0.3, -0.25) is 52.7 Å². The highest BCUT2D eigenvalue weighted by molar-refractivity contribution is 6.40. The van der Waals surface area contributed by atoms with E-state index in [2.05, 4.69) is 45.7 Å². The largest absolute Gasteiger partial charge is 0.497 e. The molecule has 5 N–H and O–H groups in total. The third-order valence-corrected chi connectivity index (χ3v) is 26.8. The van der Waals surface area contributed by atoms with Crippen molar-refractivity contribution >= 4 is 200 Å². The van der Waals surface area contributed by atoms with Crippen molar-refractivity contribution in [3.8, 4) is 11.5 Å². The number of hydrogen-bond donors (Lipinski definition) is 5. The molecule has 24 rings (SSSR count). The van der Waals surface area contributed by atoms with E-state index in [4.69, 9.17) is 43.8 Å². The fourth-order valence-electron chi connectivity index (χ4n) is 19.9. The van der Waals surface area contributed by atoms with Crippen LogP contribution in [0.1, 0.15) is 233 Å². The van der Waals surface area contributed by atoms with Gasteiger partial charge in [-0.15, -0.1) is 0 Å². The summed E-state index contributed by atoms with van der Waals surface area (Å²) >= 11 is 6.17. The summed E-state index contributed by atoms with van der Waals surface area (Å²) in [6.07, 6.45) is 20.3. The van der Waals surface area contributed by atoms with Crippen molar-refractivity contribution in [2.75, 3.05) is 27.9 Å².